The molecular formula is C35H42N6O6. The predicted molar refractivity (Wildman–Crippen MR) is 178 cm³/mol. The van der Waals surface area contributed by atoms with Crippen molar-refractivity contribution >= 4 is 34.6 Å². The van der Waals surface area contributed by atoms with E-state index in [0.717, 1.165) is 22.0 Å². The largest absolute Gasteiger partial charge is 0.508 e. The van der Waals surface area contributed by atoms with E-state index in [4.69, 9.17) is 11.5 Å². The molecule has 0 saturated heterocycles. The van der Waals surface area contributed by atoms with E-state index < -0.39 is 47.9 Å². The fourth-order valence-electron chi connectivity index (χ4n) is 5.34. The lowest BCUT2D eigenvalue weighted by atomic mass is 10.0. The molecule has 10 N–H and O–H groups in total. The molecule has 4 rings (SSSR count). The van der Waals surface area contributed by atoms with E-state index >= 15 is 0 Å². The number of aromatic nitrogens is 1. The summed E-state index contributed by atoms with van der Waals surface area (Å²) in [5.74, 6) is -3.04. The van der Waals surface area contributed by atoms with Crippen LogP contribution in [-0.2, 0) is 38.4 Å². The molecule has 3 amide bonds. The second-order valence-electron chi connectivity index (χ2n) is 11.5. The molecule has 4 atom stereocenters. The molecule has 0 spiro atoms. The number of nitrogens with two attached hydrogens (primary N) is 2. The predicted octanol–water partition coefficient (Wildman–Crippen LogP) is 1.90. The number of nitrogens with one attached hydrogen (secondary N) is 4. The van der Waals surface area contributed by atoms with Crippen molar-refractivity contribution in [2.45, 2.75) is 62.7 Å². The number of hydrogen-bond donors (Lipinski definition) is 8. The highest BCUT2D eigenvalue weighted by molar-refractivity contribution is 5.94. The molecule has 47 heavy (non-hydrogen) atoms. The van der Waals surface area contributed by atoms with Crippen molar-refractivity contribution in [3.05, 3.63) is 102 Å². The molecule has 0 aliphatic carbocycles. The van der Waals surface area contributed by atoms with E-state index in [0.29, 0.717) is 24.9 Å². The minimum Gasteiger partial charge on any atom is -0.508 e. The third kappa shape index (κ3) is 10.1. The van der Waals surface area contributed by atoms with Crippen LogP contribution in [0.15, 0.2) is 85.1 Å². The second kappa shape index (κ2) is 16.9. The molecule has 12 heteroatoms. The number of carboxylic acid groups (broad SMARTS) is 1. The number of benzene rings is 3. The Morgan fingerprint density at radius 3 is 2.00 bits per heavy atom. The van der Waals surface area contributed by atoms with Gasteiger partial charge in [-0.15, -0.1) is 0 Å². The second-order valence-corrected chi connectivity index (χ2v) is 11.5. The maximum Gasteiger partial charge on any atom is 0.326 e. The fraction of sp³-hybridized carbons (Fsp3) is 0.314. The van der Waals surface area contributed by atoms with Crippen LogP contribution in [0, 0.1) is 0 Å². The van der Waals surface area contributed by atoms with Gasteiger partial charge >= 0.3 is 5.97 Å². The number of aromatic amines is 1. The first kappa shape index (κ1) is 34.7. The summed E-state index contributed by atoms with van der Waals surface area (Å²) in [5, 5.41) is 28.4. The van der Waals surface area contributed by atoms with Crippen LogP contribution in [0.3, 0.4) is 0 Å². The first-order valence-corrected chi connectivity index (χ1v) is 15.6. The average Bonchev–Trinajstić information content (AvgIpc) is 3.47. The zero-order valence-corrected chi connectivity index (χ0v) is 26.0. The molecule has 0 aliphatic rings. The number of aliphatic carboxylic acids is 1. The van der Waals surface area contributed by atoms with E-state index in [1.807, 2.05) is 60.8 Å². The van der Waals surface area contributed by atoms with Crippen LogP contribution < -0.4 is 27.4 Å². The highest BCUT2D eigenvalue weighted by Gasteiger charge is 2.30. The maximum absolute atomic E-state index is 13.8. The third-order valence-corrected chi connectivity index (χ3v) is 7.94. The zero-order valence-electron chi connectivity index (χ0n) is 26.0. The van der Waals surface area contributed by atoms with Gasteiger partial charge in [0, 0.05) is 29.9 Å². The van der Waals surface area contributed by atoms with Crippen LogP contribution in [-0.4, -0.2) is 69.6 Å². The number of carbonyl (C=O) groups excluding carboxylic acids is 3. The Morgan fingerprint density at radius 1 is 0.702 bits per heavy atom. The van der Waals surface area contributed by atoms with Crippen molar-refractivity contribution in [2.24, 2.45) is 11.5 Å². The maximum atomic E-state index is 13.8. The Bertz CT molecular complexity index is 1640. The van der Waals surface area contributed by atoms with E-state index in [1.54, 1.807) is 12.1 Å². The topological polar surface area (TPSA) is 213 Å². The van der Waals surface area contributed by atoms with Crippen molar-refractivity contribution in [1.82, 2.24) is 20.9 Å². The number of rotatable bonds is 17. The molecule has 1 aromatic heterocycles. The number of amides is 3. The number of hydrogen-bond acceptors (Lipinski definition) is 7. The van der Waals surface area contributed by atoms with Crippen molar-refractivity contribution in [3.63, 3.8) is 0 Å². The molecule has 0 radical (unpaired) electrons. The van der Waals surface area contributed by atoms with E-state index in [1.165, 1.54) is 12.1 Å². The van der Waals surface area contributed by atoms with Crippen molar-refractivity contribution in [2.75, 3.05) is 6.54 Å². The molecule has 248 valence electrons. The average molecular weight is 643 g/mol. The lowest BCUT2D eigenvalue weighted by Gasteiger charge is -2.25. The van der Waals surface area contributed by atoms with Gasteiger partial charge in [0.25, 0.3) is 0 Å². The first-order valence-electron chi connectivity index (χ1n) is 15.6. The molecular weight excluding hydrogens is 600 g/mol. The number of H-pyrrole nitrogens is 1. The van der Waals surface area contributed by atoms with Gasteiger partial charge in [0.05, 0.1) is 6.04 Å². The standard InChI is InChI=1S/C35H42N6O6/c36-17-7-6-12-29(33(44)41-31(35(46)47)19-23-13-15-25(42)16-14-23)39-34(45)30(18-22-8-2-1-3-9-22)40-32(43)27(37)20-24-21-38-28-11-5-4-10-26(24)28/h1-5,8-11,13-16,21,27,29-31,38,42H,6-7,12,17-20,36-37H2,(H,39,45)(H,40,43)(H,41,44)(H,46,47). The fourth-order valence-corrected chi connectivity index (χ4v) is 5.34. The summed E-state index contributed by atoms with van der Waals surface area (Å²) in [6.45, 7) is 0.377. The van der Waals surface area contributed by atoms with Gasteiger partial charge in [-0.2, -0.15) is 0 Å². The van der Waals surface area contributed by atoms with E-state index in [9.17, 15) is 29.4 Å². The normalized spacial score (nSPS) is 13.7. The number of para-hydroxylation sites is 1. The molecule has 4 aromatic rings. The van der Waals surface area contributed by atoms with Crippen molar-refractivity contribution < 1.29 is 29.4 Å². The summed E-state index contributed by atoms with van der Waals surface area (Å²) in [6, 6.07) is 18.4. The minimum atomic E-state index is -1.29. The Morgan fingerprint density at radius 2 is 1.30 bits per heavy atom. The van der Waals surface area contributed by atoms with Crippen LogP contribution >= 0.6 is 0 Å². The first-order chi connectivity index (χ1) is 22.6. The van der Waals surface area contributed by atoms with Gasteiger partial charge in [-0.05, 0) is 67.1 Å². The lowest BCUT2D eigenvalue weighted by molar-refractivity contribution is -0.142. The Kier molecular flexibility index (Phi) is 12.5. The van der Waals surface area contributed by atoms with E-state index in [2.05, 4.69) is 20.9 Å². The SMILES string of the molecule is NCCCCC(NC(=O)C(Cc1ccccc1)NC(=O)C(N)Cc1c[nH]c2ccccc12)C(=O)NC(Cc1ccc(O)cc1)C(=O)O. The Labute approximate surface area is 272 Å². The van der Waals surface area contributed by atoms with Crippen LogP contribution in [0.2, 0.25) is 0 Å². The molecule has 1 heterocycles. The summed E-state index contributed by atoms with van der Waals surface area (Å²) < 4.78 is 0. The number of phenolic OH excluding ortho intramolecular Hbond substituents is 1. The molecule has 0 saturated carbocycles. The number of unbranched alkanes of at least 4 members (excludes halogenated alkanes) is 1. The number of carboxylic acids is 1. The smallest absolute Gasteiger partial charge is 0.326 e. The van der Waals surface area contributed by atoms with Crippen molar-refractivity contribution in [3.8, 4) is 5.75 Å². The zero-order chi connectivity index (χ0) is 33.8. The third-order valence-electron chi connectivity index (χ3n) is 7.94. The van der Waals surface area contributed by atoms with Gasteiger partial charge in [0.15, 0.2) is 0 Å². The summed E-state index contributed by atoms with van der Waals surface area (Å²) in [6.07, 6.45) is 3.42. The number of phenols is 1. The summed E-state index contributed by atoms with van der Waals surface area (Å²) in [5.41, 5.74) is 15.1. The van der Waals surface area contributed by atoms with Gasteiger partial charge in [-0.3, -0.25) is 14.4 Å². The summed E-state index contributed by atoms with van der Waals surface area (Å²) >= 11 is 0. The number of fused-ring (bicyclic) bond motifs is 1. The van der Waals surface area contributed by atoms with E-state index in [-0.39, 0.29) is 31.4 Å². The molecule has 3 aromatic carbocycles. The quantitative estimate of drug-likeness (QED) is 0.0795. The van der Waals surface area contributed by atoms with Crippen LogP contribution in [0.5, 0.6) is 5.75 Å². The number of aromatic hydroxyl groups is 1. The Hall–Kier alpha value is -5.20. The van der Waals surface area contributed by atoms with Crippen LogP contribution in [0.4, 0.5) is 0 Å². The van der Waals surface area contributed by atoms with Crippen LogP contribution in [0.25, 0.3) is 10.9 Å². The molecule has 12 nitrogen and oxygen atoms in total. The summed E-state index contributed by atoms with van der Waals surface area (Å²) in [4.78, 5) is 55.8. The van der Waals surface area contributed by atoms with Crippen molar-refractivity contribution in [1.29, 1.82) is 0 Å². The molecule has 0 fully saturated rings. The molecule has 0 bridgehead atoms. The van der Waals surface area contributed by atoms with Gasteiger partial charge in [-0.1, -0.05) is 60.7 Å². The van der Waals surface area contributed by atoms with Gasteiger partial charge in [0.2, 0.25) is 17.7 Å². The summed E-state index contributed by atoms with van der Waals surface area (Å²) in [7, 11) is 0. The van der Waals surface area contributed by atoms with Gasteiger partial charge in [-0.25, -0.2) is 4.79 Å². The van der Waals surface area contributed by atoms with Gasteiger partial charge < -0.3 is 42.6 Å². The highest BCUT2D eigenvalue weighted by atomic mass is 16.4. The minimum absolute atomic E-state index is 0.0309. The molecule has 0 aliphatic heterocycles. The highest BCUT2D eigenvalue weighted by Crippen LogP contribution is 2.19. The number of carbonyl (C=O) groups is 4. The van der Waals surface area contributed by atoms with Crippen LogP contribution in [0.1, 0.15) is 36.0 Å². The Balaban J connectivity index is 1.49. The lowest BCUT2D eigenvalue weighted by Crippen LogP contribution is -2.58. The molecule has 4 unspecified atom stereocenters. The van der Waals surface area contributed by atoms with Gasteiger partial charge in [0.1, 0.15) is 23.9 Å². The monoisotopic (exact) mass is 642 g/mol.